The lowest BCUT2D eigenvalue weighted by Gasteiger charge is -2.33. The van der Waals surface area contributed by atoms with Crippen LogP contribution in [0.5, 0.6) is 0 Å². The third kappa shape index (κ3) is 3.17. The maximum atomic E-state index is 6.51. The van der Waals surface area contributed by atoms with Gasteiger partial charge in [-0.15, -0.1) is 11.8 Å². The van der Waals surface area contributed by atoms with Crippen molar-refractivity contribution in [3.63, 3.8) is 0 Å². The zero-order valence-electron chi connectivity index (χ0n) is 19.3. The average molecular weight is 430 g/mol. The Balaban J connectivity index is 1.78. The quantitative estimate of drug-likeness (QED) is 0.327. The van der Waals surface area contributed by atoms with E-state index in [4.69, 9.17) is 4.42 Å². The lowest BCUT2D eigenvalue weighted by Crippen LogP contribution is -2.36. The summed E-state index contributed by atoms with van der Waals surface area (Å²) in [6, 6.07) is 20.0. The van der Waals surface area contributed by atoms with Gasteiger partial charge in [0.05, 0.1) is 5.69 Å². The Hall–Kier alpha value is -2.39. The molecule has 0 N–H and O–H groups in total. The average Bonchev–Trinajstić information content (AvgIpc) is 3.26. The van der Waals surface area contributed by atoms with Crippen LogP contribution < -0.4 is 4.90 Å². The fourth-order valence-electron chi connectivity index (χ4n) is 5.35. The van der Waals surface area contributed by atoms with E-state index in [1.807, 2.05) is 0 Å². The van der Waals surface area contributed by atoms with Crippen molar-refractivity contribution < 1.29 is 4.42 Å². The number of para-hydroxylation sites is 1. The monoisotopic (exact) mass is 429 g/mol. The van der Waals surface area contributed by atoms with Crippen LogP contribution in [0, 0.1) is 26.7 Å². The summed E-state index contributed by atoms with van der Waals surface area (Å²) in [5, 5.41) is 3.24. The molecule has 1 aromatic heterocycles. The second-order valence-corrected chi connectivity index (χ2v) is 10.6. The molecule has 0 amide bonds. The van der Waals surface area contributed by atoms with Crippen LogP contribution in [-0.4, -0.2) is 11.3 Å². The molecule has 2 nitrogen and oxygen atoms in total. The molecule has 1 aliphatic rings. The van der Waals surface area contributed by atoms with Gasteiger partial charge in [-0.05, 0) is 61.9 Å². The summed E-state index contributed by atoms with van der Waals surface area (Å²) in [6.07, 6.45) is 0. The number of hydrogen-bond acceptors (Lipinski definition) is 3. The summed E-state index contributed by atoms with van der Waals surface area (Å²) < 4.78 is 6.51. The zero-order valence-corrected chi connectivity index (χ0v) is 20.1. The molecule has 0 spiro atoms. The molecule has 3 atom stereocenters. The molecular formula is C28H31NOS. The molecular weight excluding hydrogens is 398 g/mol. The molecule has 2 unspecified atom stereocenters. The van der Waals surface area contributed by atoms with Gasteiger partial charge >= 0.3 is 0 Å². The number of nitrogens with zero attached hydrogens (tertiary/aromatic N) is 1. The number of fused-ring (bicyclic) bond motifs is 3. The second kappa shape index (κ2) is 7.63. The van der Waals surface area contributed by atoms with Crippen LogP contribution in [0.25, 0.3) is 21.9 Å². The van der Waals surface area contributed by atoms with E-state index < -0.39 is 0 Å². The Morgan fingerprint density at radius 2 is 1.55 bits per heavy atom. The normalized spacial score (nSPS) is 21.6. The number of benzene rings is 3. The Bertz CT molecular complexity index is 1250. The first kappa shape index (κ1) is 20.5. The van der Waals surface area contributed by atoms with Crippen LogP contribution in [0.2, 0.25) is 0 Å². The molecule has 0 radical (unpaired) electrons. The number of thioether (sulfide) groups is 1. The van der Waals surface area contributed by atoms with Gasteiger partial charge in [-0.25, -0.2) is 0 Å². The summed E-state index contributed by atoms with van der Waals surface area (Å²) in [4.78, 5) is 2.66. The summed E-state index contributed by atoms with van der Waals surface area (Å²) in [7, 11) is 0. The van der Waals surface area contributed by atoms with E-state index in [0.717, 1.165) is 11.2 Å². The van der Waals surface area contributed by atoms with Crippen molar-refractivity contribution in [3.05, 3.63) is 76.9 Å². The van der Waals surface area contributed by atoms with E-state index in [1.54, 1.807) is 0 Å². The third-order valence-corrected chi connectivity index (χ3v) is 8.85. The standard InChI is InChI=1S/C28H31NOS/c1-16(2)27-20(6)29(28(31-27)24-17(3)10-9-11-18(24)4)25-19(5)14-15-22-21-12-7-8-13-23(21)30-26(22)25/h7-16,20,27-28H,1-6H3/t20-,27?,28?/m0/s1. The molecule has 1 saturated heterocycles. The van der Waals surface area contributed by atoms with Crippen molar-refractivity contribution in [2.45, 2.75) is 58.2 Å². The Morgan fingerprint density at radius 3 is 2.26 bits per heavy atom. The van der Waals surface area contributed by atoms with Crippen molar-refractivity contribution in [2.75, 3.05) is 4.90 Å². The van der Waals surface area contributed by atoms with E-state index >= 15 is 0 Å². The predicted octanol–water partition coefficient (Wildman–Crippen LogP) is 8.18. The van der Waals surface area contributed by atoms with Gasteiger partial charge in [-0.1, -0.05) is 62.4 Å². The Kier molecular flexibility index (Phi) is 5.05. The van der Waals surface area contributed by atoms with Crippen molar-refractivity contribution in [1.82, 2.24) is 0 Å². The highest BCUT2D eigenvalue weighted by Gasteiger charge is 2.43. The molecule has 160 valence electrons. The first-order valence-electron chi connectivity index (χ1n) is 11.3. The molecule has 4 aromatic rings. The van der Waals surface area contributed by atoms with Crippen LogP contribution in [0.3, 0.4) is 0 Å². The Labute approximate surface area is 189 Å². The summed E-state index contributed by atoms with van der Waals surface area (Å²) in [5.41, 5.74) is 8.71. The predicted molar refractivity (Wildman–Crippen MR) is 135 cm³/mol. The maximum absolute atomic E-state index is 6.51. The fraction of sp³-hybridized carbons (Fsp3) is 0.357. The minimum atomic E-state index is 0.279. The molecule has 2 heterocycles. The summed E-state index contributed by atoms with van der Waals surface area (Å²) in [6.45, 7) is 13.8. The molecule has 3 heteroatoms. The maximum Gasteiger partial charge on any atom is 0.159 e. The highest BCUT2D eigenvalue weighted by atomic mass is 32.2. The highest BCUT2D eigenvalue weighted by Crippen LogP contribution is 2.54. The van der Waals surface area contributed by atoms with Gasteiger partial charge in [0.15, 0.2) is 5.58 Å². The van der Waals surface area contributed by atoms with Crippen LogP contribution in [0.1, 0.15) is 48.4 Å². The largest absolute Gasteiger partial charge is 0.454 e. The highest BCUT2D eigenvalue weighted by molar-refractivity contribution is 8.00. The lowest BCUT2D eigenvalue weighted by atomic mass is 9.97. The minimum Gasteiger partial charge on any atom is -0.454 e. The smallest absolute Gasteiger partial charge is 0.159 e. The number of rotatable bonds is 3. The Morgan fingerprint density at radius 1 is 0.839 bits per heavy atom. The van der Waals surface area contributed by atoms with E-state index in [0.29, 0.717) is 17.2 Å². The molecule has 0 bridgehead atoms. The number of aryl methyl sites for hydroxylation is 3. The van der Waals surface area contributed by atoms with Crippen LogP contribution in [0.4, 0.5) is 5.69 Å². The van der Waals surface area contributed by atoms with Crippen molar-refractivity contribution >= 4 is 39.4 Å². The van der Waals surface area contributed by atoms with Crippen LogP contribution in [-0.2, 0) is 0 Å². The molecule has 0 saturated carbocycles. The van der Waals surface area contributed by atoms with Crippen molar-refractivity contribution in [3.8, 4) is 0 Å². The van der Waals surface area contributed by atoms with Gasteiger partial charge in [0.1, 0.15) is 11.0 Å². The molecule has 3 aromatic carbocycles. The topological polar surface area (TPSA) is 16.4 Å². The van der Waals surface area contributed by atoms with Crippen molar-refractivity contribution in [2.24, 2.45) is 5.92 Å². The molecule has 31 heavy (non-hydrogen) atoms. The number of anilines is 1. The van der Waals surface area contributed by atoms with Crippen LogP contribution >= 0.6 is 11.8 Å². The lowest BCUT2D eigenvalue weighted by molar-refractivity contribution is 0.525. The summed E-state index contributed by atoms with van der Waals surface area (Å²) in [5.74, 6) is 0.604. The van der Waals surface area contributed by atoms with E-state index in [9.17, 15) is 0 Å². The van der Waals surface area contributed by atoms with Gasteiger partial charge in [-0.2, -0.15) is 0 Å². The minimum absolute atomic E-state index is 0.279. The molecule has 0 aliphatic carbocycles. The van der Waals surface area contributed by atoms with E-state index in [2.05, 4.69) is 113 Å². The van der Waals surface area contributed by atoms with Gasteiger partial charge in [0.2, 0.25) is 0 Å². The van der Waals surface area contributed by atoms with Crippen molar-refractivity contribution in [1.29, 1.82) is 0 Å². The number of hydrogen-bond donors (Lipinski definition) is 0. The van der Waals surface area contributed by atoms with Gasteiger partial charge < -0.3 is 9.32 Å². The molecule has 1 fully saturated rings. The van der Waals surface area contributed by atoms with Crippen LogP contribution in [0.15, 0.2) is 59.0 Å². The van der Waals surface area contributed by atoms with E-state index in [1.165, 1.54) is 38.7 Å². The first-order valence-corrected chi connectivity index (χ1v) is 12.2. The number of furan rings is 1. The van der Waals surface area contributed by atoms with Gasteiger partial charge in [0.25, 0.3) is 0 Å². The molecule has 1 aliphatic heterocycles. The molecule has 5 rings (SSSR count). The zero-order chi connectivity index (χ0) is 21.9. The summed E-state index contributed by atoms with van der Waals surface area (Å²) >= 11 is 2.12. The van der Waals surface area contributed by atoms with Gasteiger partial charge in [0, 0.05) is 22.1 Å². The fourth-order valence-corrected chi connectivity index (χ4v) is 7.26. The second-order valence-electron chi connectivity index (χ2n) is 9.36. The first-order chi connectivity index (χ1) is 14.9. The SMILES string of the molecule is Cc1cccc(C)c1C1SC(C(C)C)[C@H](C)N1c1c(C)ccc2c1oc1ccccc12. The third-order valence-electron chi connectivity index (χ3n) is 6.88. The van der Waals surface area contributed by atoms with Gasteiger partial charge in [-0.3, -0.25) is 0 Å². The van der Waals surface area contributed by atoms with E-state index in [-0.39, 0.29) is 5.37 Å².